The molecule has 0 bridgehead atoms. The van der Waals surface area contributed by atoms with Gasteiger partial charge in [-0.3, -0.25) is 9.00 Å². The average Bonchev–Trinajstić information content (AvgIpc) is 2.45. The molecule has 0 aliphatic rings. The third-order valence-electron chi connectivity index (χ3n) is 2.90. The van der Waals surface area contributed by atoms with Gasteiger partial charge in [-0.15, -0.1) is 0 Å². The second kappa shape index (κ2) is 6.89. The van der Waals surface area contributed by atoms with Crippen LogP contribution in [0.4, 0.5) is 10.1 Å². The third-order valence-corrected chi connectivity index (χ3v) is 3.91. The van der Waals surface area contributed by atoms with E-state index in [1.54, 1.807) is 30.5 Å². The zero-order chi connectivity index (χ0) is 16.3. The molecule has 2 aromatic carbocycles. The van der Waals surface area contributed by atoms with Crippen molar-refractivity contribution in [1.29, 1.82) is 0 Å². The molecule has 0 saturated heterocycles. The van der Waals surface area contributed by atoms with Crippen molar-refractivity contribution in [3.63, 3.8) is 0 Å². The first-order valence-electron chi connectivity index (χ1n) is 6.25. The molecular weight excluding hydrogens is 329 g/mol. The summed E-state index contributed by atoms with van der Waals surface area (Å²) in [5, 5.41) is 11.7. The number of nitrogens with one attached hydrogen (secondary N) is 1. The largest absolute Gasteiger partial charge is 0.504 e. The van der Waals surface area contributed by atoms with E-state index in [-0.39, 0.29) is 10.6 Å². The predicted molar refractivity (Wildman–Crippen MR) is 85.2 cm³/mol. The van der Waals surface area contributed by atoms with E-state index in [0.717, 1.165) is 6.07 Å². The van der Waals surface area contributed by atoms with Crippen LogP contribution in [0.3, 0.4) is 0 Å². The maximum atomic E-state index is 13.4. The molecule has 0 heterocycles. The van der Waals surface area contributed by atoms with E-state index in [4.69, 9.17) is 11.6 Å². The topological polar surface area (TPSA) is 66.4 Å². The van der Waals surface area contributed by atoms with E-state index < -0.39 is 28.3 Å². The van der Waals surface area contributed by atoms with Crippen LogP contribution in [0.25, 0.3) is 0 Å². The fourth-order valence-electron chi connectivity index (χ4n) is 1.88. The number of para-hydroxylation sites is 1. The number of aromatic hydroxyl groups is 1. The highest BCUT2D eigenvalue weighted by Gasteiger charge is 2.15. The molecule has 22 heavy (non-hydrogen) atoms. The molecule has 2 aromatic rings. The normalized spacial score (nSPS) is 12.0. The molecule has 0 aliphatic carbocycles. The van der Waals surface area contributed by atoms with Crippen molar-refractivity contribution in [2.45, 2.75) is 5.75 Å². The summed E-state index contributed by atoms with van der Waals surface area (Å²) in [5.74, 6) is -1.95. The van der Waals surface area contributed by atoms with Crippen molar-refractivity contribution < 1.29 is 18.5 Å². The molecule has 0 saturated carbocycles. The van der Waals surface area contributed by atoms with Crippen molar-refractivity contribution in [2.24, 2.45) is 0 Å². The molecule has 0 radical (unpaired) electrons. The summed E-state index contributed by atoms with van der Waals surface area (Å²) in [6.45, 7) is 0. The second-order valence-electron chi connectivity index (χ2n) is 4.62. The number of hydrogen-bond acceptors (Lipinski definition) is 3. The molecule has 2 N–H and O–H groups in total. The summed E-state index contributed by atoms with van der Waals surface area (Å²) in [6.07, 6.45) is 1.56. The first kappa shape index (κ1) is 16.5. The number of hydrogen-bond donors (Lipinski definition) is 2. The molecule has 1 amide bonds. The molecule has 0 fully saturated rings. The molecule has 7 heteroatoms. The number of carbonyl (C=O) groups is 1. The summed E-state index contributed by atoms with van der Waals surface area (Å²) < 4.78 is 24.8. The molecule has 0 aromatic heterocycles. The number of phenolic OH excluding ortho intramolecular Hbond substituents is 1. The summed E-state index contributed by atoms with van der Waals surface area (Å²) in [7, 11) is -1.06. The zero-order valence-electron chi connectivity index (χ0n) is 11.6. The molecule has 4 nitrogen and oxygen atoms in total. The average molecular weight is 342 g/mol. The molecule has 0 aliphatic heterocycles. The van der Waals surface area contributed by atoms with E-state index >= 15 is 0 Å². The van der Waals surface area contributed by atoms with Crippen LogP contribution in [0.2, 0.25) is 5.02 Å². The highest BCUT2D eigenvalue weighted by atomic mass is 35.5. The van der Waals surface area contributed by atoms with Crippen molar-refractivity contribution in [1.82, 2.24) is 0 Å². The van der Waals surface area contributed by atoms with Crippen LogP contribution in [-0.4, -0.2) is 21.5 Å². The number of rotatable bonds is 4. The quantitative estimate of drug-likeness (QED) is 0.896. The van der Waals surface area contributed by atoms with E-state index in [2.05, 4.69) is 5.32 Å². The number of phenols is 1. The van der Waals surface area contributed by atoms with Gasteiger partial charge in [0.05, 0.1) is 10.8 Å². The lowest BCUT2D eigenvalue weighted by Crippen LogP contribution is -2.14. The maximum Gasteiger partial charge on any atom is 0.255 e. The van der Waals surface area contributed by atoms with E-state index in [1.807, 2.05) is 0 Å². The van der Waals surface area contributed by atoms with Crippen LogP contribution in [-0.2, 0) is 16.6 Å². The lowest BCUT2D eigenvalue weighted by molar-refractivity contribution is 0.102. The number of halogens is 2. The Bertz CT molecular complexity index is 728. The minimum atomic E-state index is -1.06. The highest BCUT2D eigenvalue weighted by Crippen LogP contribution is 2.28. The van der Waals surface area contributed by atoms with Crippen LogP contribution in [0.15, 0.2) is 36.4 Å². The van der Waals surface area contributed by atoms with Crippen molar-refractivity contribution in [3.05, 3.63) is 58.4 Å². The number of carbonyl (C=O) groups excluding carboxylic acids is 1. The van der Waals surface area contributed by atoms with Gasteiger partial charge in [0.2, 0.25) is 0 Å². The lowest BCUT2D eigenvalue weighted by atomic mass is 10.1. The van der Waals surface area contributed by atoms with Crippen LogP contribution in [0.5, 0.6) is 5.75 Å². The minimum absolute atomic E-state index is 0.0206. The Morgan fingerprint density at radius 2 is 2.05 bits per heavy atom. The number of benzene rings is 2. The lowest BCUT2D eigenvalue weighted by Gasteiger charge is -2.11. The smallest absolute Gasteiger partial charge is 0.255 e. The second-order valence-corrected chi connectivity index (χ2v) is 6.46. The Morgan fingerprint density at radius 1 is 1.36 bits per heavy atom. The first-order chi connectivity index (χ1) is 10.4. The monoisotopic (exact) mass is 341 g/mol. The van der Waals surface area contributed by atoms with Gasteiger partial charge in [0.15, 0.2) is 11.6 Å². The van der Waals surface area contributed by atoms with Crippen molar-refractivity contribution in [3.8, 4) is 5.75 Å². The van der Waals surface area contributed by atoms with Crippen LogP contribution in [0.1, 0.15) is 15.9 Å². The van der Waals surface area contributed by atoms with Crippen LogP contribution < -0.4 is 5.32 Å². The van der Waals surface area contributed by atoms with Crippen molar-refractivity contribution >= 4 is 34.0 Å². The van der Waals surface area contributed by atoms with Gasteiger partial charge in [0.1, 0.15) is 0 Å². The molecule has 0 spiro atoms. The van der Waals surface area contributed by atoms with Gasteiger partial charge in [0, 0.05) is 28.3 Å². The standard InChI is InChI=1S/C15H13ClFNO3S/c1-22(21)8-9-4-2-3-5-13(9)18-15(20)10-6-11(16)14(19)12(17)7-10/h2-7,19H,8H2,1H3,(H,18,20). The SMILES string of the molecule is CS(=O)Cc1ccccc1NC(=O)c1cc(F)c(O)c(Cl)c1. The van der Waals surface area contributed by atoms with Crippen molar-refractivity contribution in [2.75, 3.05) is 11.6 Å². The Hall–Kier alpha value is -1.92. The Morgan fingerprint density at radius 3 is 2.68 bits per heavy atom. The molecule has 1 atom stereocenters. The third kappa shape index (κ3) is 3.84. The van der Waals surface area contributed by atoms with Crippen LogP contribution in [0, 0.1) is 5.82 Å². The van der Waals surface area contributed by atoms with Gasteiger partial charge in [0.25, 0.3) is 5.91 Å². The number of anilines is 1. The summed E-state index contributed by atoms with van der Waals surface area (Å²) in [4.78, 5) is 12.2. The minimum Gasteiger partial charge on any atom is -0.504 e. The summed E-state index contributed by atoms with van der Waals surface area (Å²) in [6, 6.07) is 8.99. The predicted octanol–water partition coefficient (Wildman–Crippen LogP) is 3.32. The Balaban J connectivity index is 2.28. The Kier molecular flexibility index (Phi) is 5.15. The van der Waals surface area contributed by atoms with Gasteiger partial charge in [-0.05, 0) is 23.8 Å². The van der Waals surface area contributed by atoms with Gasteiger partial charge in [-0.25, -0.2) is 4.39 Å². The zero-order valence-corrected chi connectivity index (χ0v) is 13.2. The maximum absolute atomic E-state index is 13.4. The van der Waals surface area contributed by atoms with E-state index in [9.17, 15) is 18.5 Å². The highest BCUT2D eigenvalue weighted by molar-refractivity contribution is 7.83. The van der Waals surface area contributed by atoms with E-state index in [1.165, 1.54) is 6.07 Å². The first-order valence-corrected chi connectivity index (χ1v) is 8.36. The van der Waals surface area contributed by atoms with Gasteiger partial charge >= 0.3 is 0 Å². The van der Waals surface area contributed by atoms with Crippen LogP contribution >= 0.6 is 11.6 Å². The fraction of sp³-hybridized carbons (Fsp3) is 0.133. The fourth-order valence-corrected chi connectivity index (χ4v) is 2.78. The number of amides is 1. The summed E-state index contributed by atoms with van der Waals surface area (Å²) >= 11 is 5.66. The Labute approximate surface area is 134 Å². The van der Waals surface area contributed by atoms with Gasteiger partial charge in [-0.2, -0.15) is 0 Å². The summed E-state index contributed by atoms with van der Waals surface area (Å²) in [5.41, 5.74) is 1.18. The molecular formula is C15H13ClFNO3S. The van der Waals surface area contributed by atoms with E-state index in [0.29, 0.717) is 17.0 Å². The van der Waals surface area contributed by atoms with Gasteiger partial charge < -0.3 is 10.4 Å². The van der Waals surface area contributed by atoms with Gasteiger partial charge in [-0.1, -0.05) is 29.8 Å². The molecule has 2 rings (SSSR count). The molecule has 116 valence electrons. The molecule has 1 unspecified atom stereocenters.